The number of alkyl halides is 3. The van der Waals surface area contributed by atoms with E-state index in [0.717, 1.165) is 17.7 Å². The molecule has 7 heteroatoms. The van der Waals surface area contributed by atoms with Crippen LogP contribution in [-0.4, -0.2) is 8.42 Å². The van der Waals surface area contributed by atoms with Crippen molar-refractivity contribution in [3.63, 3.8) is 0 Å². The van der Waals surface area contributed by atoms with Crippen molar-refractivity contribution < 1.29 is 21.6 Å². The van der Waals surface area contributed by atoms with Gasteiger partial charge in [-0.2, -0.15) is 13.2 Å². The molecule has 0 heterocycles. The van der Waals surface area contributed by atoms with Crippen molar-refractivity contribution in [2.75, 3.05) is 0 Å². The van der Waals surface area contributed by atoms with Gasteiger partial charge in [-0.3, -0.25) is 0 Å². The topological polar surface area (TPSA) is 46.2 Å². The molecule has 3 nitrogen and oxygen atoms in total. The van der Waals surface area contributed by atoms with Crippen molar-refractivity contribution in [1.82, 2.24) is 4.72 Å². The minimum Gasteiger partial charge on any atom is -0.207 e. The van der Waals surface area contributed by atoms with Gasteiger partial charge >= 0.3 is 6.18 Å². The number of nitrogens with one attached hydrogen (secondary N) is 1. The predicted octanol–water partition coefficient (Wildman–Crippen LogP) is 3.80. The van der Waals surface area contributed by atoms with E-state index >= 15 is 0 Å². The van der Waals surface area contributed by atoms with E-state index in [4.69, 9.17) is 0 Å². The van der Waals surface area contributed by atoms with E-state index in [-0.39, 0.29) is 17.0 Å². The molecule has 0 spiro atoms. The molecule has 0 fully saturated rings. The predicted molar refractivity (Wildman–Crippen MR) is 81.4 cm³/mol. The van der Waals surface area contributed by atoms with Gasteiger partial charge in [-0.1, -0.05) is 35.9 Å². The molecule has 0 aromatic heterocycles. The zero-order valence-electron chi connectivity index (χ0n) is 12.6. The van der Waals surface area contributed by atoms with Crippen LogP contribution in [0.2, 0.25) is 0 Å². The molecule has 124 valence electrons. The minimum absolute atomic E-state index is 0.120. The van der Waals surface area contributed by atoms with E-state index in [0.29, 0.717) is 5.56 Å². The number of sulfonamides is 1. The maximum Gasteiger partial charge on any atom is 0.416 e. The number of halogens is 3. The van der Waals surface area contributed by atoms with Gasteiger partial charge in [-0.25, -0.2) is 13.1 Å². The number of hydrogen-bond donors (Lipinski definition) is 1. The summed E-state index contributed by atoms with van der Waals surface area (Å²) in [6.45, 7) is 3.31. The van der Waals surface area contributed by atoms with E-state index in [1.54, 1.807) is 19.1 Å². The lowest BCUT2D eigenvalue weighted by Crippen LogP contribution is -2.24. The number of rotatable bonds is 4. The fraction of sp³-hybridized carbons (Fsp3) is 0.250. The quantitative estimate of drug-likeness (QED) is 0.918. The van der Waals surface area contributed by atoms with Crippen LogP contribution in [0.1, 0.15) is 22.3 Å². The highest BCUT2D eigenvalue weighted by atomic mass is 32.2. The maximum atomic E-state index is 12.7. The zero-order valence-corrected chi connectivity index (χ0v) is 13.4. The fourth-order valence-electron chi connectivity index (χ4n) is 2.21. The largest absolute Gasteiger partial charge is 0.416 e. The highest BCUT2D eigenvalue weighted by Crippen LogP contribution is 2.29. The van der Waals surface area contributed by atoms with Crippen molar-refractivity contribution in [3.8, 4) is 0 Å². The molecule has 0 unspecified atom stereocenters. The van der Waals surface area contributed by atoms with Gasteiger partial charge in [0.05, 0.1) is 10.5 Å². The Balaban J connectivity index is 2.20. The summed E-state index contributed by atoms with van der Waals surface area (Å²) in [6.07, 6.45) is -4.46. The monoisotopic (exact) mass is 343 g/mol. The molecule has 0 aliphatic rings. The summed E-state index contributed by atoms with van der Waals surface area (Å²) in [5.41, 5.74) is 0.953. The summed E-state index contributed by atoms with van der Waals surface area (Å²) in [6, 6.07) is 9.47. The molecule has 23 heavy (non-hydrogen) atoms. The third-order valence-corrected chi connectivity index (χ3v) is 4.90. The van der Waals surface area contributed by atoms with E-state index in [1.807, 2.05) is 6.92 Å². The van der Waals surface area contributed by atoms with Crippen LogP contribution in [0.25, 0.3) is 0 Å². The molecule has 0 radical (unpaired) electrons. The van der Waals surface area contributed by atoms with E-state index < -0.39 is 21.8 Å². The molecule has 0 saturated heterocycles. The van der Waals surface area contributed by atoms with Crippen LogP contribution >= 0.6 is 0 Å². The molecular weight excluding hydrogens is 327 g/mol. The third kappa shape index (κ3) is 4.33. The van der Waals surface area contributed by atoms with Crippen LogP contribution in [0.15, 0.2) is 47.4 Å². The molecular formula is C16H16F3NO2S. The maximum absolute atomic E-state index is 12.7. The molecule has 2 aromatic carbocycles. The lowest BCUT2D eigenvalue weighted by molar-refractivity contribution is -0.137. The molecule has 0 bridgehead atoms. The Morgan fingerprint density at radius 3 is 2.35 bits per heavy atom. The second-order valence-corrected chi connectivity index (χ2v) is 7.03. The van der Waals surface area contributed by atoms with Gasteiger partial charge in [-0.15, -0.1) is 0 Å². The average Bonchev–Trinajstić information content (AvgIpc) is 2.44. The first kappa shape index (κ1) is 17.5. The minimum atomic E-state index is -4.46. The van der Waals surface area contributed by atoms with E-state index in [1.165, 1.54) is 18.2 Å². The first-order valence-electron chi connectivity index (χ1n) is 6.83. The van der Waals surface area contributed by atoms with E-state index in [2.05, 4.69) is 4.72 Å². The molecule has 2 aromatic rings. The summed E-state index contributed by atoms with van der Waals surface area (Å²) in [7, 11) is -3.79. The number of benzene rings is 2. The first-order chi connectivity index (χ1) is 10.6. The molecule has 1 N–H and O–H groups in total. The Morgan fingerprint density at radius 2 is 1.74 bits per heavy atom. The summed E-state index contributed by atoms with van der Waals surface area (Å²) in [5, 5.41) is 0. The molecule has 0 atom stereocenters. The highest BCUT2D eigenvalue weighted by molar-refractivity contribution is 7.89. The van der Waals surface area contributed by atoms with Crippen molar-refractivity contribution >= 4 is 10.0 Å². The smallest absolute Gasteiger partial charge is 0.207 e. The second kappa shape index (κ2) is 6.33. The van der Waals surface area contributed by atoms with Crippen LogP contribution in [0.5, 0.6) is 0 Å². The standard InChI is InChI=1S/C16H16F3NO2S/c1-11-6-7-15(12(2)8-11)23(21,22)20-10-13-4-3-5-14(9-13)16(17,18)19/h3-9,20H,10H2,1-2H3. The van der Waals surface area contributed by atoms with Crippen molar-refractivity contribution in [1.29, 1.82) is 0 Å². The van der Waals surface area contributed by atoms with Crippen LogP contribution in [0.3, 0.4) is 0 Å². The Labute approximate surface area is 133 Å². The van der Waals surface area contributed by atoms with Crippen LogP contribution < -0.4 is 4.72 Å². The van der Waals surface area contributed by atoms with Crippen LogP contribution in [0.4, 0.5) is 13.2 Å². The van der Waals surface area contributed by atoms with Crippen molar-refractivity contribution in [2.45, 2.75) is 31.5 Å². The molecule has 0 amide bonds. The van der Waals surface area contributed by atoms with Gasteiger partial charge in [0.15, 0.2) is 0 Å². The summed E-state index contributed by atoms with van der Waals surface area (Å²) in [5.74, 6) is 0. The normalized spacial score (nSPS) is 12.4. The SMILES string of the molecule is Cc1ccc(S(=O)(=O)NCc2cccc(C(F)(F)F)c2)c(C)c1. The van der Waals surface area contributed by atoms with E-state index in [9.17, 15) is 21.6 Å². The van der Waals surface area contributed by atoms with Crippen LogP contribution in [0, 0.1) is 13.8 Å². The highest BCUT2D eigenvalue weighted by Gasteiger charge is 2.30. The van der Waals surface area contributed by atoms with Gasteiger partial charge < -0.3 is 0 Å². The second-order valence-electron chi connectivity index (χ2n) is 5.29. The summed E-state index contributed by atoms with van der Waals surface area (Å²) in [4.78, 5) is 0.120. The Bertz CT molecular complexity index is 814. The molecule has 0 saturated carbocycles. The van der Waals surface area contributed by atoms with Gasteiger partial charge in [0.1, 0.15) is 0 Å². The lowest BCUT2D eigenvalue weighted by atomic mass is 10.1. The average molecular weight is 343 g/mol. The molecule has 2 rings (SSSR count). The summed E-state index contributed by atoms with van der Waals surface area (Å²) >= 11 is 0. The van der Waals surface area contributed by atoms with Gasteiger partial charge in [0, 0.05) is 6.54 Å². The molecule has 0 aliphatic carbocycles. The van der Waals surface area contributed by atoms with Gasteiger partial charge in [-0.05, 0) is 37.1 Å². The lowest BCUT2D eigenvalue weighted by Gasteiger charge is -2.11. The number of aryl methyl sites for hydroxylation is 2. The van der Waals surface area contributed by atoms with Crippen LogP contribution in [-0.2, 0) is 22.7 Å². The number of hydrogen-bond acceptors (Lipinski definition) is 2. The third-order valence-electron chi connectivity index (χ3n) is 3.34. The molecule has 0 aliphatic heterocycles. The Morgan fingerprint density at radius 1 is 1.04 bits per heavy atom. The fourth-order valence-corrected chi connectivity index (χ4v) is 3.46. The summed E-state index contributed by atoms with van der Waals surface area (Å²) < 4.78 is 64.9. The Kier molecular flexibility index (Phi) is 4.81. The van der Waals surface area contributed by atoms with Crippen molar-refractivity contribution in [3.05, 3.63) is 64.7 Å². The van der Waals surface area contributed by atoms with Gasteiger partial charge in [0.2, 0.25) is 10.0 Å². The first-order valence-corrected chi connectivity index (χ1v) is 8.31. The Hall–Kier alpha value is -1.86. The van der Waals surface area contributed by atoms with Gasteiger partial charge in [0.25, 0.3) is 0 Å². The van der Waals surface area contributed by atoms with Crippen molar-refractivity contribution in [2.24, 2.45) is 0 Å². The zero-order chi connectivity index (χ0) is 17.3.